The standard InChI is InChI=1S/C22H17FN2OS2/c23-17-10-8-15(9-11-17)13-27-22-24-18(14-28-22)12-21(26)25-20-7-3-5-16-4-1-2-6-19(16)20/h1-11,14H,12-13H2,(H,25,26). The van der Waals surface area contributed by atoms with Crippen LogP contribution in [0.4, 0.5) is 10.1 Å². The highest BCUT2D eigenvalue weighted by molar-refractivity contribution is 8.00. The van der Waals surface area contributed by atoms with Gasteiger partial charge in [-0.3, -0.25) is 4.79 Å². The molecule has 6 heteroatoms. The summed E-state index contributed by atoms with van der Waals surface area (Å²) in [5.41, 5.74) is 2.60. The molecule has 1 N–H and O–H groups in total. The van der Waals surface area contributed by atoms with E-state index in [-0.39, 0.29) is 18.1 Å². The van der Waals surface area contributed by atoms with Gasteiger partial charge in [-0.1, -0.05) is 60.3 Å². The number of hydrogen-bond acceptors (Lipinski definition) is 4. The number of hydrogen-bond donors (Lipinski definition) is 1. The summed E-state index contributed by atoms with van der Waals surface area (Å²) in [6.45, 7) is 0. The molecule has 28 heavy (non-hydrogen) atoms. The Labute approximate surface area is 170 Å². The third-order valence-electron chi connectivity index (χ3n) is 4.21. The summed E-state index contributed by atoms with van der Waals surface area (Å²) in [7, 11) is 0. The summed E-state index contributed by atoms with van der Waals surface area (Å²) in [6, 6.07) is 20.3. The summed E-state index contributed by atoms with van der Waals surface area (Å²) in [6.07, 6.45) is 0.233. The molecule has 0 spiro atoms. The van der Waals surface area contributed by atoms with Crippen LogP contribution in [0, 0.1) is 5.82 Å². The smallest absolute Gasteiger partial charge is 0.230 e. The highest BCUT2D eigenvalue weighted by atomic mass is 32.2. The van der Waals surface area contributed by atoms with Gasteiger partial charge in [0.15, 0.2) is 0 Å². The molecule has 0 aliphatic rings. The van der Waals surface area contributed by atoms with Crippen molar-refractivity contribution in [3.8, 4) is 0 Å². The van der Waals surface area contributed by atoms with E-state index in [2.05, 4.69) is 10.3 Å². The molecule has 0 atom stereocenters. The maximum absolute atomic E-state index is 13.0. The minimum atomic E-state index is -0.234. The number of thiazole rings is 1. The lowest BCUT2D eigenvalue weighted by Crippen LogP contribution is -2.14. The van der Waals surface area contributed by atoms with Crippen LogP contribution in [0.3, 0.4) is 0 Å². The monoisotopic (exact) mass is 408 g/mol. The van der Waals surface area contributed by atoms with Crippen molar-refractivity contribution in [2.24, 2.45) is 0 Å². The molecule has 3 nitrogen and oxygen atoms in total. The molecular weight excluding hydrogens is 391 g/mol. The van der Waals surface area contributed by atoms with Crippen molar-refractivity contribution in [3.05, 3.63) is 89.2 Å². The lowest BCUT2D eigenvalue weighted by Gasteiger charge is -2.08. The fourth-order valence-electron chi connectivity index (χ4n) is 2.85. The predicted molar refractivity (Wildman–Crippen MR) is 114 cm³/mol. The molecule has 3 aromatic carbocycles. The zero-order chi connectivity index (χ0) is 19.3. The summed E-state index contributed by atoms with van der Waals surface area (Å²) in [5.74, 6) is 0.398. The average molecular weight is 409 g/mol. The molecule has 0 aliphatic heterocycles. The van der Waals surface area contributed by atoms with Crippen LogP contribution in [0.1, 0.15) is 11.3 Å². The Morgan fingerprint density at radius 1 is 1.04 bits per heavy atom. The minimum absolute atomic E-state index is 0.0864. The lowest BCUT2D eigenvalue weighted by atomic mass is 10.1. The first-order chi connectivity index (χ1) is 13.7. The third kappa shape index (κ3) is 4.58. The quantitative estimate of drug-likeness (QED) is 0.403. The maximum atomic E-state index is 13.0. The molecule has 0 saturated heterocycles. The first kappa shape index (κ1) is 18.7. The van der Waals surface area contributed by atoms with Crippen LogP contribution >= 0.6 is 23.1 Å². The van der Waals surface area contributed by atoms with Crippen molar-refractivity contribution >= 4 is 45.5 Å². The first-order valence-electron chi connectivity index (χ1n) is 8.77. The molecule has 0 bridgehead atoms. The molecule has 4 aromatic rings. The van der Waals surface area contributed by atoms with E-state index in [1.807, 2.05) is 47.8 Å². The van der Waals surface area contributed by atoms with E-state index in [1.54, 1.807) is 23.9 Å². The molecule has 0 unspecified atom stereocenters. The van der Waals surface area contributed by atoms with Gasteiger partial charge in [-0.15, -0.1) is 11.3 Å². The largest absolute Gasteiger partial charge is 0.325 e. The van der Waals surface area contributed by atoms with Gasteiger partial charge in [0.05, 0.1) is 12.1 Å². The van der Waals surface area contributed by atoms with Crippen molar-refractivity contribution in [1.82, 2.24) is 4.98 Å². The number of nitrogens with one attached hydrogen (secondary N) is 1. The van der Waals surface area contributed by atoms with Crippen LogP contribution in [0.15, 0.2) is 76.4 Å². The predicted octanol–water partition coefficient (Wildman–Crippen LogP) is 5.91. The molecule has 1 heterocycles. The van der Waals surface area contributed by atoms with Crippen LogP contribution in [0.25, 0.3) is 10.8 Å². The molecule has 1 amide bonds. The Hall–Kier alpha value is -2.70. The zero-order valence-corrected chi connectivity index (χ0v) is 16.5. The number of nitrogens with zero attached hydrogens (tertiary/aromatic N) is 1. The Kier molecular flexibility index (Phi) is 5.69. The van der Waals surface area contributed by atoms with E-state index in [0.717, 1.165) is 37.8 Å². The third-order valence-corrected chi connectivity index (χ3v) is 6.35. The number of rotatable bonds is 6. The fourth-order valence-corrected chi connectivity index (χ4v) is 4.66. The van der Waals surface area contributed by atoms with Gasteiger partial charge in [-0.05, 0) is 29.1 Å². The minimum Gasteiger partial charge on any atom is -0.325 e. The number of amides is 1. The number of carbonyl (C=O) groups excluding carboxylic acids is 1. The normalized spacial score (nSPS) is 10.9. The van der Waals surface area contributed by atoms with Gasteiger partial charge in [-0.2, -0.15) is 0 Å². The van der Waals surface area contributed by atoms with Crippen LogP contribution in [0.5, 0.6) is 0 Å². The average Bonchev–Trinajstić information content (AvgIpc) is 3.15. The number of benzene rings is 3. The molecule has 0 aliphatic carbocycles. The van der Waals surface area contributed by atoms with Crippen LogP contribution < -0.4 is 5.32 Å². The van der Waals surface area contributed by atoms with Gasteiger partial charge >= 0.3 is 0 Å². The number of halogens is 1. The maximum Gasteiger partial charge on any atom is 0.230 e. The summed E-state index contributed by atoms with van der Waals surface area (Å²) in [5, 5.41) is 7.01. The van der Waals surface area contributed by atoms with E-state index in [9.17, 15) is 9.18 Å². The number of fused-ring (bicyclic) bond motifs is 1. The van der Waals surface area contributed by atoms with Gasteiger partial charge in [0.2, 0.25) is 5.91 Å². The van der Waals surface area contributed by atoms with Gasteiger partial charge in [0.25, 0.3) is 0 Å². The highest BCUT2D eigenvalue weighted by Crippen LogP contribution is 2.27. The second-order valence-electron chi connectivity index (χ2n) is 6.27. The molecule has 0 radical (unpaired) electrons. The molecule has 0 fully saturated rings. The molecule has 0 saturated carbocycles. The summed E-state index contributed by atoms with van der Waals surface area (Å²) >= 11 is 3.11. The van der Waals surface area contributed by atoms with Crippen molar-refractivity contribution in [1.29, 1.82) is 0 Å². The summed E-state index contributed by atoms with van der Waals surface area (Å²) < 4.78 is 13.9. The van der Waals surface area contributed by atoms with E-state index in [1.165, 1.54) is 23.5 Å². The first-order valence-corrected chi connectivity index (χ1v) is 10.6. The number of anilines is 1. The number of aromatic nitrogens is 1. The van der Waals surface area contributed by atoms with E-state index >= 15 is 0 Å². The Morgan fingerprint density at radius 2 is 1.82 bits per heavy atom. The number of thioether (sulfide) groups is 1. The second-order valence-corrected chi connectivity index (χ2v) is 8.35. The van der Waals surface area contributed by atoms with Gasteiger partial charge < -0.3 is 5.32 Å². The van der Waals surface area contributed by atoms with E-state index < -0.39 is 0 Å². The van der Waals surface area contributed by atoms with Crippen molar-refractivity contribution in [3.63, 3.8) is 0 Å². The van der Waals surface area contributed by atoms with Crippen molar-refractivity contribution in [2.45, 2.75) is 16.5 Å². The highest BCUT2D eigenvalue weighted by Gasteiger charge is 2.10. The van der Waals surface area contributed by atoms with Gasteiger partial charge in [-0.25, -0.2) is 9.37 Å². The van der Waals surface area contributed by atoms with Crippen LogP contribution in [-0.2, 0) is 17.0 Å². The Morgan fingerprint density at radius 3 is 2.68 bits per heavy atom. The second kappa shape index (κ2) is 8.54. The summed E-state index contributed by atoms with van der Waals surface area (Å²) in [4.78, 5) is 17.0. The zero-order valence-electron chi connectivity index (χ0n) is 14.9. The van der Waals surface area contributed by atoms with Crippen molar-refractivity contribution in [2.75, 3.05) is 5.32 Å². The molecule has 1 aromatic heterocycles. The molecule has 4 rings (SSSR count). The van der Waals surface area contributed by atoms with Crippen molar-refractivity contribution < 1.29 is 9.18 Å². The van der Waals surface area contributed by atoms with E-state index in [4.69, 9.17) is 0 Å². The van der Waals surface area contributed by atoms with Gasteiger partial charge in [0.1, 0.15) is 10.2 Å². The SMILES string of the molecule is O=C(Cc1csc(SCc2ccc(F)cc2)n1)Nc1cccc2ccccc12. The molecule has 140 valence electrons. The number of carbonyl (C=O) groups is 1. The molecular formula is C22H17FN2OS2. The Balaban J connectivity index is 1.36. The van der Waals surface area contributed by atoms with Crippen LogP contribution in [0.2, 0.25) is 0 Å². The van der Waals surface area contributed by atoms with E-state index in [0.29, 0.717) is 0 Å². The lowest BCUT2D eigenvalue weighted by molar-refractivity contribution is -0.115. The fraction of sp³-hybridized carbons (Fsp3) is 0.0909. The van der Waals surface area contributed by atoms with Crippen LogP contribution in [-0.4, -0.2) is 10.9 Å². The Bertz CT molecular complexity index is 1100. The topological polar surface area (TPSA) is 42.0 Å². The van der Waals surface area contributed by atoms with Gasteiger partial charge in [0, 0.05) is 22.2 Å².